The van der Waals surface area contributed by atoms with E-state index in [0.717, 1.165) is 3.57 Å². The average Bonchev–Trinajstić information content (AvgIpc) is 2.24. The Morgan fingerprint density at radius 1 is 1.50 bits per heavy atom. The Hall–Kier alpha value is -0.660. The van der Waals surface area contributed by atoms with E-state index in [9.17, 15) is 9.90 Å². The lowest BCUT2D eigenvalue weighted by Gasteiger charge is -2.27. The predicted molar refractivity (Wildman–Crippen MR) is 80.7 cm³/mol. The van der Waals surface area contributed by atoms with Crippen LogP contribution in [0.1, 0.15) is 17.3 Å². The van der Waals surface area contributed by atoms with Crippen molar-refractivity contribution >= 4 is 28.5 Å². The van der Waals surface area contributed by atoms with E-state index in [-0.39, 0.29) is 12.5 Å². The maximum absolute atomic E-state index is 11.9. The van der Waals surface area contributed by atoms with Gasteiger partial charge >= 0.3 is 0 Å². The SMILES string of the molecule is CN(C)CC(C)(O)CNC(=O)c1cccc(I)c1. The molecule has 2 N–H and O–H groups in total. The summed E-state index contributed by atoms with van der Waals surface area (Å²) in [6.45, 7) is 2.44. The standard InChI is InChI=1S/C13H19IN2O2/c1-13(18,9-16(2)3)8-15-12(17)10-5-4-6-11(14)7-10/h4-7,18H,8-9H2,1-3H3,(H,15,17). The lowest BCUT2D eigenvalue weighted by atomic mass is 10.1. The molecule has 0 heterocycles. The van der Waals surface area contributed by atoms with Crippen molar-refractivity contribution in [3.8, 4) is 0 Å². The highest BCUT2D eigenvalue weighted by molar-refractivity contribution is 14.1. The number of carbonyl (C=O) groups is 1. The monoisotopic (exact) mass is 362 g/mol. The molecule has 0 spiro atoms. The summed E-state index contributed by atoms with van der Waals surface area (Å²) >= 11 is 2.16. The number of rotatable bonds is 5. The van der Waals surface area contributed by atoms with Crippen molar-refractivity contribution in [2.24, 2.45) is 0 Å². The summed E-state index contributed by atoms with van der Waals surface area (Å²) in [7, 11) is 3.77. The number of carbonyl (C=O) groups excluding carboxylic acids is 1. The van der Waals surface area contributed by atoms with Crippen molar-refractivity contribution in [1.82, 2.24) is 10.2 Å². The third-order valence-corrected chi connectivity index (χ3v) is 3.04. The maximum Gasteiger partial charge on any atom is 0.251 e. The summed E-state index contributed by atoms with van der Waals surface area (Å²) in [5.74, 6) is -0.160. The van der Waals surface area contributed by atoms with Gasteiger partial charge in [0.15, 0.2) is 0 Å². The Morgan fingerprint density at radius 2 is 2.17 bits per heavy atom. The Bertz CT molecular complexity index is 419. The first-order valence-corrected chi connectivity index (χ1v) is 6.79. The largest absolute Gasteiger partial charge is 0.387 e. The highest BCUT2D eigenvalue weighted by Gasteiger charge is 2.22. The van der Waals surface area contributed by atoms with Crippen molar-refractivity contribution in [1.29, 1.82) is 0 Å². The predicted octanol–water partition coefficient (Wildman–Crippen LogP) is 1.33. The lowest BCUT2D eigenvalue weighted by molar-refractivity contribution is 0.0326. The molecule has 0 saturated heterocycles. The van der Waals surface area contributed by atoms with Crippen molar-refractivity contribution in [2.75, 3.05) is 27.2 Å². The molecule has 0 fully saturated rings. The van der Waals surface area contributed by atoms with Crippen LogP contribution in [0, 0.1) is 3.57 Å². The molecule has 1 unspecified atom stereocenters. The molecule has 1 aromatic rings. The van der Waals surface area contributed by atoms with Crippen molar-refractivity contribution < 1.29 is 9.90 Å². The van der Waals surface area contributed by atoms with Gasteiger partial charge in [-0.3, -0.25) is 4.79 Å². The summed E-state index contributed by atoms with van der Waals surface area (Å²) in [4.78, 5) is 13.8. The average molecular weight is 362 g/mol. The van der Waals surface area contributed by atoms with Crippen LogP contribution in [-0.2, 0) is 0 Å². The minimum atomic E-state index is -0.929. The van der Waals surface area contributed by atoms with Crippen LogP contribution in [0.2, 0.25) is 0 Å². The quantitative estimate of drug-likeness (QED) is 0.778. The summed E-state index contributed by atoms with van der Waals surface area (Å²) in [6, 6.07) is 7.35. The molecule has 0 aliphatic heterocycles. The first-order chi connectivity index (χ1) is 8.30. The van der Waals surface area contributed by atoms with Crippen molar-refractivity contribution in [3.63, 3.8) is 0 Å². The van der Waals surface area contributed by atoms with E-state index in [1.807, 2.05) is 37.2 Å². The second kappa shape index (κ2) is 6.49. The van der Waals surface area contributed by atoms with Gasteiger partial charge in [0.05, 0.1) is 5.60 Å². The third-order valence-electron chi connectivity index (χ3n) is 2.37. The highest BCUT2D eigenvalue weighted by Crippen LogP contribution is 2.08. The van der Waals surface area contributed by atoms with E-state index in [0.29, 0.717) is 12.1 Å². The molecule has 0 aromatic heterocycles. The molecule has 1 aromatic carbocycles. The fourth-order valence-electron chi connectivity index (χ4n) is 1.74. The molecule has 0 radical (unpaired) electrons. The molecule has 5 heteroatoms. The third kappa shape index (κ3) is 5.32. The number of amides is 1. The van der Waals surface area contributed by atoms with E-state index in [1.54, 1.807) is 13.0 Å². The highest BCUT2D eigenvalue weighted by atomic mass is 127. The molecule has 0 saturated carbocycles. The van der Waals surface area contributed by atoms with Gasteiger partial charge < -0.3 is 15.3 Å². The molecule has 1 atom stereocenters. The maximum atomic E-state index is 11.9. The molecular weight excluding hydrogens is 343 g/mol. The van der Waals surface area contributed by atoms with E-state index in [4.69, 9.17) is 0 Å². The van der Waals surface area contributed by atoms with Gasteiger partial charge in [-0.05, 0) is 61.8 Å². The first kappa shape index (κ1) is 15.4. The van der Waals surface area contributed by atoms with E-state index >= 15 is 0 Å². The zero-order valence-corrected chi connectivity index (χ0v) is 13.1. The van der Waals surface area contributed by atoms with Crippen LogP contribution in [0.3, 0.4) is 0 Å². The first-order valence-electron chi connectivity index (χ1n) is 5.71. The number of nitrogens with zero attached hydrogens (tertiary/aromatic N) is 1. The Labute approximate surface area is 122 Å². The molecule has 1 rings (SSSR count). The number of aliphatic hydroxyl groups is 1. The number of hydrogen-bond donors (Lipinski definition) is 2. The number of likely N-dealkylation sites (N-methyl/N-ethyl adjacent to an activating group) is 1. The van der Waals surface area contributed by atoms with Crippen LogP contribution >= 0.6 is 22.6 Å². The minimum Gasteiger partial charge on any atom is -0.387 e. The van der Waals surface area contributed by atoms with Crippen LogP contribution in [0.4, 0.5) is 0 Å². The van der Waals surface area contributed by atoms with E-state index < -0.39 is 5.60 Å². The van der Waals surface area contributed by atoms with Gasteiger partial charge in [0.2, 0.25) is 0 Å². The molecule has 1 amide bonds. The van der Waals surface area contributed by atoms with Crippen molar-refractivity contribution in [2.45, 2.75) is 12.5 Å². The number of halogens is 1. The van der Waals surface area contributed by atoms with Crippen LogP contribution < -0.4 is 5.32 Å². The zero-order valence-electron chi connectivity index (χ0n) is 10.9. The molecule has 0 aliphatic rings. The normalized spacial score (nSPS) is 14.3. The molecular formula is C13H19IN2O2. The van der Waals surface area contributed by atoms with Gasteiger partial charge in [-0.1, -0.05) is 6.07 Å². The molecule has 4 nitrogen and oxygen atoms in total. The smallest absolute Gasteiger partial charge is 0.251 e. The van der Waals surface area contributed by atoms with Gasteiger partial charge in [-0.2, -0.15) is 0 Å². The van der Waals surface area contributed by atoms with Gasteiger partial charge in [0.25, 0.3) is 5.91 Å². The Balaban J connectivity index is 2.56. The van der Waals surface area contributed by atoms with Crippen LogP contribution in [0.15, 0.2) is 24.3 Å². The number of benzene rings is 1. The van der Waals surface area contributed by atoms with Gasteiger partial charge in [0, 0.05) is 22.2 Å². The summed E-state index contributed by atoms with van der Waals surface area (Å²) in [5, 5.41) is 12.8. The fraction of sp³-hybridized carbons (Fsp3) is 0.462. The number of nitrogens with one attached hydrogen (secondary N) is 1. The van der Waals surface area contributed by atoms with Crippen LogP contribution in [-0.4, -0.2) is 48.7 Å². The molecule has 100 valence electrons. The van der Waals surface area contributed by atoms with Gasteiger partial charge in [-0.15, -0.1) is 0 Å². The molecule has 18 heavy (non-hydrogen) atoms. The van der Waals surface area contributed by atoms with Crippen molar-refractivity contribution in [3.05, 3.63) is 33.4 Å². The minimum absolute atomic E-state index is 0.160. The van der Waals surface area contributed by atoms with Gasteiger partial charge in [-0.25, -0.2) is 0 Å². The van der Waals surface area contributed by atoms with Gasteiger partial charge in [0.1, 0.15) is 0 Å². The Kier molecular flexibility index (Phi) is 5.55. The zero-order chi connectivity index (χ0) is 13.8. The van der Waals surface area contributed by atoms with E-state index in [2.05, 4.69) is 27.9 Å². The Morgan fingerprint density at radius 3 is 2.72 bits per heavy atom. The second-order valence-corrected chi connectivity index (χ2v) is 6.17. The summed E-state index contributed by atoms with van der Waals surface area (Å²) < 4.78 is 1.01. The topological polar surface area (TPSA) is 52.6 Å². The van der Waals surface area contributed by atoms with Crippen LogP contribution in [0.5, 0.6) is 0 Å². The van der Waals surface area contributed by atoms with E-state index in [1.165, 1.54) is 0 Å². The summed E-state index contributed by atoms with van der Waals surface area (Å²) in [6.07, 6.45) is 0. The molecule has 0 aliphatic carbocycles. The fourth-order valence-corrected chi connectivity index (χ4v) is 2.28. The summed E-state index contributed by atoms with van der Waals surface area (Å²) in [5.41, 5.74) is -0.316. The number of hydrogen-bond acceptors (Lipinski definition) is 3. The molecule has 0 bridgehead atoms. The lowest BCUT2D eigenvalue weighted by Crippen LogP contribution is -2.47. The van der Waals surface area contributed by atoms with Crippen LogP contribution in [0.25, 0.3) is 0 Å². The second-order valence-electron chi connectivity index (χ2n) is 4.93.